The molecule has 0 bridgehead atoms. The molecule has 1 aromatic rings. The highest BCUT2D eigenvalue weighted by molar-refractivity contribution is 6.32. The average Bonchev–Trinajstić information content (AvgIpc) is 2.27. The van der Waals surface area contributed by atoms with Gasteiger partial charge in [0.15, 0.2) is 5.82 Å². The molecule has 0 saturated heterocycles. The number of nitrogens with one attached hydrogen (secondary N) is 1. The zero-order valence-corrected chi connectivity index (χ0v) is 12.6. The lowest BCUT2D eigenvalue weighted by atomic mass is 10.1. The molecule has 0 aliphatic rings. The Labute approximate surface area is 115 Å². The van der Waals surface area contributed by atoms with E-state index in [2.05, 4.69) is 47.9 Å². The van der Waals surface area contributed by atoms with Crippen LogP contribution >= 0.6 is 11.6 Å². The van der Waals surface area contributed by atoms with E-state index in [-0.39, 0.29) is 0 Å². The fourth-order valence-corrected chi connectivity index (χ4v) is 2.04. The summed E-state index contributed by atoms with van der Waals surface area (Å²) in [6.07, 6.45) is 1.66. The highest BCUT2D eigenvalue weighted by Crippen LogP contribution is 2.25. The third kappa shape index (κ3) is 4.33. The molecule has 0 amide bonds. The number of hydrogen-bond donors (Lipinski definition) is 1. The molecule has 0 aliphatic carbocycles. The van der Waals surface area contributed by atoms with Crippen molar-refractivity contribution in [2.75, 3.05) is 30.4 Å². The van der Waals surface area contributed by atoms with E-state index in [0.29, 0.717) is 22.8 Å². The van der Waals surface area contributed by atoms with Crippen LogP contribution < -0.4 is 10.2 Å². The maximum atomic E-state index is 6.22. The zero-order valence-electron chi connectivity index (χ0n) is 11.9. The highest BCUT2D eigenvalue weighted by atomic mass is 35.5. The Kier molecular flexibility index (Phi) is 5.66. The van der Waals surface area contributed by atoms with Crippen LogP contribution in [0.5, 0.6) is 0 Å². The van der Waals surface area contributed by atoms with E-state index in [9.17, 15) is 0 Å². The third-order valence-electron chi connectivity index (χ3n) is 2.42. The average molecular weight is 271 g/mol. The molecule has 1 aromatic heterocycles. The van der Waals surface area contributed by atoms with Gasteiger partial charge in [0.2, 0.25) is 5.95 Å². The first-order valence-electron chi connectivity index (χ1n) is 6.39. The summed E-state index contributed by atoms with van der Waals surface area (Å²) in [5.41, 5.74) is 0. The maximum absolute atomic E-state index is 6.22. The first-order chi connectivity index (χ1) is 8.43. The van der Waals surface area contributed by atoms with E-state index >= 15 is 0 Å². The quantitative estimate of drug-likeness (QED) is 0.861. The Bertz CT molecular complexity index is 369. The molecule has 102 valence electrons. The van der Waals surface area contributed by atoms with E-state index in [1.807, 2.05) is 7.05 Å². The smallest absolute Gasteiger partial charge is 0.224 e. The molecule has 0 radical (unpaired) electrons. The van der Waals surface area contributed by atoms with Crippen LogP contribution in [0.1, 0.15) is 27.7 Å². The largest absolute Gasteiger partial charge is 0.357 e. The summed E-state index contributed by atoms with van der Waals surface area (Å²) in [6, 6.07) is 0. The fourth-order valence-electron chi connectivity index (χ4n) is 1.83. The SMILES string of the molecule is CNc1ncc(Cl)c(N(CC(C)C)CC(C)C)n1. The Morgan fingerprint density at radius 1 is 1.22 bits per heavy atom. The lowest BCUT2D eigenvalue weighted by molar-refractivity contribution is 0.548. The molecule has 1 rings (SSSR count). The summed E-state index contributed by atoms with van der Waals surface area (Å²) in [5.74, 6) is 2.55. The predicted octanol–water partition coefficient (Wildman–Crippen LogP) is 3.29. The van der Waals surface area contributed by atoms with Gasteiger partial charge in [-0.2, -0.15) is 4.98 Å². The van der Waals surface area contributed by atoms with Crippen LogP contribution in [0, 0.1) is 11.8 Å². The second-order valence-corrected chi connectivity index (χ2v) is 5.72. The summed E-state index contributed by atoms with van der Waals surface area (Å²) < 4.78 is 0. The minimum absolute atomic E-state index is 0.563. The Morgan fingerprint density at radius 3 is 2.22 bits per heavy atom. The number of hydrogen-bond acceptors (Lipinski definition) is 4. The second-order valence-electron chi connectivity index (χ2n) is 5.31. The van der Waals surface area contributed by atoms with Crippen molar-refractivity contribution < 1.29 is 0 Å². The molecule has 0 aliphatic heterocycles. The second kappa shape index (κ2) is 6.78. The molecular weight excluding hydrogens is 248 g/mol. The number of rotatable bonds is 6. The van der Waals surface area contributed by atoms with Crippen LogP contribution in [0.15, 0.2) is 6.20 Å². The molecule has 0 unspecified atom stereocenters. The topological polar surface area (TPSA) is 41.1 Å². The molecule has 1 N–H and O–H groups in total. The van der Waals surface area contributed by atoms with Crippen LogP contribution in [-0.4, -0.2) is 30.1 Å². The molecule has 0 spiro atoms. The summed E-state index contributed by atoms with van der Waals surface area (Å²) in [6.45, 7) is 10.7. The van der Waals surface area contributed by atoms with Crippen molar-refractivity contribution in [1.29, 1.82) is 0 Å². The van der Waals surface area contributed by atoms with Gasteiger partial charge < -0.3 is 10.2 Å². The van der Waals surface area contributed by atoms with Gasteiger partial charge >= 0.3 is 0 Å². The standard InChI is InChI=1S/C13H23ClN4/c1-9(2)7-18(8-10(3)4)12-11(14)6-16-13(15-5)17-12/h6,9-10H,7-8H2,1-5H3,(H,15,16,17). The first-order valence-corrected chi connectivity index (χ1v) is 6.77. The number of halogens is 1. The van der Waals surface area contributed by atoms with Gasteiger partial charge in [-0.3, -0.25) is 0 Å². The first kappa shape index (κ1) is 15.0. The fraction of sp³-hybridized carbons (Fsp3) is 0.692. The Morgan fingerprint density at radius 2 is 1.78 bits per heavy atom. The summed E-state index contributed by atoms with van der Waals surface area (Å²) >= 11 is 6.22. The van der Waals surface area contributed by atoms with Gasteiger partial charge in [-0.1, -0.05) is 39.3 Å². The Balaban J connectivity index is 3.02. The van der Waals surface area contributed by atoms with Crippen LogP contribution in [0.3, 0.4) is 0 Å². The monoisotopic (exact) mass is 270 g/mol. The van der Waals surface area contributed by atoms with Crippen molar-refractivity contribution in [2.24, 2.45) is 11.8 Å². The van der Waals surface area contributed by atoms with Crippen molar-refractivity contribution in [3.05, 3.63) is 11.2 Å². The van der Waals surface area contributed by atoms with Crippen LogP contribution in [0.2, 0.25) is 5.02 Å². The number of nitrogens with zero attached hydrogens (tertiary/aromatic N) is 3. The highest BCUT2D eigenvalue weighted by Gasteiger charge is 2.16. The lowest BCUT2D eigenvalue weighted by Gasteiger charge is -2.28. The van der Waals surface area contributed by atoms with E-state index < -0.39 is 0 Å². The molecule has 4 nitrogen and oxygen atoms in total. The van der Waals surface area contributed by atoms with Crippen molar-refractivity contribution in [3.63, 3.8) is 0 Å². The molecule has 0 atom stereocenters. The molecule has 5 heteroatoms. The molecule has 0 aromatic carbocycles. The lowest BCUT2D eigenvalue weighted by Crippen LogP contribution is -2.32. The van der Waals surface area contributed by atoms with Gasteiger partial charge in [0.25, 0.3) is 0 Å². The van der Waals surface area contributed by atoms with Gasteiger partial charge in [-0.05, 0) is 11.8 Å². The van der Waals surface area contributed by atoms with Gasteiger partial charge in [-0.25, -0.2) is 4.98 Å². The summed E-state index contributed by atoms with van der Waals surface area (Å²) in [7, 11) is 1.81. The normalized spacial score (nSPS) is 11.1. The predicted molar refractivity (Wildman–Crippen MR) is 78.5 cm³/mol. The zero-order chi connectivity index (χ0) is 13.7. The van der Waals surface area contributed by atoms with Gasteiger partial charge in [0.05, 0.1) is 6.20 Å². The molecular formula is C13H23ClN4. The minimum atomic E-state index is 0.563. The minimum Gasteiger partial charge on any atom is -0.357 e. The number of aromatic nitrogens is 2. The third-order valence-corrected chi connectivity index (χ3v) is 2.69. The molecule has 18 heavy (non-hydrogen) atoms. The van der Waals surface area contributed by atoms with Crippen LogP contribution in [0.25, 0.3) is 0 Å². The maximum Gasteiger partial charge on any atom is 0.224 e. The molecule has 0 fully saturated rings. The molecule has 1 heterocycles. The van der Waals surface area contributed by atoms with E-state index in [0.717, 1.165) is 18.9 Å². The van der Waals surface area contributed by atoms with E-state index in [4.69, 9.17) is 11.6 Å². The van der Waals surface area contributed by atoms with E-state index in [1.54, 1.807) is 6.20 Å². The number of anilines is 2. The summed E-state index contributed by atoms with van der Waals surface area (Å²) in [5, 5.41) is 3.56. The van der Waals surface area contributed by atoms with Crippen molar-refractivity contribution >= 4 is 23.4 Å². The van der Waals surface area contributed by atoms with Gasteiger partial charge in [0.1, 0.15) is 5.02 Å². The van der Waals surface area contributed by atoms with Crippen molar-refractivity contribution in [2.45, 2.75) is 27.7 Å². The Hall–Kier alpha value is -1.03. The van der Waals surface area contributed by atoms with Crippen LogP contribution in [0.4, 0.5) is 11.8 Å². The van der Waals surface area contributed by atoms with Crippen molar-refractivity contribution in [1.82, 2.24) is 9.97 Å². The summed E-state index contributed by atoms with van der Waals surface area (Å²) in [4.78, 5) is 10.8. The van der Waals surface area contributed by atoms with Gasteiger partial charge in [-0.15, -0.1) is 0 Å². The van der Waals surface area contributed by atoms with Gasteiger partial charge in [0, 0.05) is 20.1 Å². The van der Waals surface area contributed by atoms with Crippen LogP contribution in [-0.2, 0) is 0 Å². The van der Waals surface area contributed by atoms with E-state index in [1.165, 1.54) is 0 Å². The molecule has 0 saturated carbocycles. The van der Waals surface area contributed by atoms with Crippen molar-refractivity contribution in [3.8, 4) is 0 Å².